The van der Waals surface area contributed by atoms with E-state index in [-0.39, 0.29) is 60.9 Å². The lowest BCUT2D eigenvalue weighted by Crippen LogP contribution is -2.44. The Morgan fingerprint density at radius 2 is 1.86 bits per heavy atom. The summed E-state index contributed by atoms with van der Waals surface area (Å²) >= 11 is 0. The Labute approximate surface area is 213 Å². The standard InChI is InChI=1S/C28H30F3NO5/c1-28(2)10-8-18-12-16(13-21(29)25(18)28)14-22(33)26-20-7-6-19(37-27(30)31)15-17(20)9-11-32(26)23(34)4-3-5-24(35)36/h6-7,12-13,15,26-27H,3-5,8-11,14H2,1-2H3,(H,35,36)/t26-/m1/s1. The summed E-state index contributed by atoms with van der Waals surface area (Å²) in [5.41, 5.74) is 2.92. The number of hydrogen-bond donors (Lipinski definition) is 1. The molecule has 0 radical (unpaired) electrons. The Balaban J connectivity index is 1.63. The van der Waals surface area contributed by atoms with Crippen LogP contribution in [0.15, 0.2) is 30.3 Å². The molecule has 1 aliphatic heterocycles. The monoisotopic (exact) mass is 517 g/mol. The van der Waals surface area contributed by atoms with Gasteiger partial charge >= 0.3 is 12.6 Å². The lowest BCUT2D eigenvalue weighted by Gasteiger charge is -2.37. The van der Waals surface area contributed by atoms with Crippen molar-refractivity contribution in [2.24, 2.45) is 0 Å². The quantitative estimate of drug-likeness (QED) is 0.498. The van der Waals surface area contributed by atoms with Crippen molar-refractivity contribution in [3.05, 3.63) is 64.0 Å². The zero-order valence-electron chi connectivity index (χ0n) is 20.9. The van der Waals surface area contributed by atoms with Crippen molar-refractivity contribution in [2.45, 2.75) is 76.9 Å². The largest absolute Gasteiger partial charge is 0.481 e. The molecule has 4 rings (SSSR count). The molecule has 2 aromatic carbocycles. The van der Waals surface area contributed by atoms with Gasteiger partial charge in [-0.05, 0) is 77.1 Å². The third-order valence-electron chi connectivity index (χ3n) is 7.28. The first-order valence-electron chi connectivity index (χ1n) is 12.4. The van der Waals surface area contributed by atoms with Crippen LogP contribution in [-0.2, 0) is 39.1 Å². The Bertz CT molecular complexity index is 1230. The minimum absolute atomic E-state index is 0.0375. The van der Waals surface area contributed by atoms with E-state index in [2.05, 4.69) is 4.74 Å². The Kier molecular flexibility index (Phi) is 7.62. The second-order valence-corrected chi connectivity index (χ2v) is 10.4. The molecule has 0 saturated heterocycles. The number of ether oxygens (including phenoxy) is 1. The lowest BCUT2D eigenvalue weighted by molar-refractivity contribution is -0.141. The molecule has 9 heteroatoms. The highest BCUT2D eigenvalue weighted by atomic mass is 19.3. The minimum atomic E-state index is -2.99. The highest BCUT2D eigenvalue weighted by Crippen LogP contribution is 2.41. The van der Waals surface area contributed by atoms with Crippen molar-refractivity contribution in [3.8, 4) is 5.75 Å². The number of nitrogens with zero attached hydrogens (tertiary/aromatic N) is 1. The molecule has 1 heterocycles. The molecule has 1 amide bonds. The van der Waals surface area contributed by atoms with E-state index in [0.29, 0.717) is 35.1 Å². The van der Waals surface area contributed by atoms with Crippen molar-refractivity contribution in [1.82, 2.24) is 4.90 Å². The fourth-order valence-corrected chi connectivity index (χ4v) is 5.58. The molecule has 0 unspecified atom stereocenters. The van der Waals surface area contributed by atoms with Gasteiger partial charge in [0.15, 0.2) is 5.78 Å². The van der Waals surface area contributed by atoms with Crippen molar-refractivity contribution >= 4 is 17.7 Å². The zero-order valence-corrected chi connectivity index (χ0v) is 20.9. The Hall–Kier alpha value is -3.36. The van der Waals surface area contributed by atoms with E-state index in [1.54, 1.807) is 0 Å². The number of carboxylic acids is 1. The van der Waals surface area contributed by atoms with Gasteiger partial charge in [-0.3, -0.25) is 14.4 Å². The molecule has 1 N–H and O–H groups in total. The van der Waals surface area contributed by atoms with Crippen LogP contribution in [0.2, 0.25) is 0 Å². The number of alkyl halides is 2. The number of rotatable bonds is 9. The number of ketones is 1. The SMILES string of the molecule is CC1(C)CCc2cc(CC(=O)[C@H]3c4ccc(OC(F)F)cc4CCN3C(=O)CCCC(=O)O)cc(F)c21. The minimum Gasteiger partial charge on any atom is -0.481 e. The summed E-state index contributed by atoms with van der Waals surface area (Å²) in [5.74, 6) is -2.09. The van der Waals surface area contributed by atoms with Gasteiger partial charge in [0, 0.05) is 25.8 Å². The van der Waals surface area contributed by atoms with Crippen LogP contribution in [0.25, 0.3) is 0 Å². The van der Waals surface area contributed by atoms with Gasteiger partial charge in [0.2, 0.25) is 5.91 Å². The molecule has 2 aliphatic rings. The summed E-state index contributed by atoms with van der Waals surface area (Å²) in [6.45, 7) is 1.16. The first-order chi connectivity index (χ1) is 17.5. The van der Waals surface area contributed by atoms with Gasteiger partial charge in [-0.2, -0.15) is 8.78 Å². The number of halogens is 3. The first kappa shape index (κ1) is 26.7. The van der Waals surface area contributed by atoms with Crippen molar-refractivity contribution in [2.75, 3.05) is 6.54 Å². The topological polar surface area (TPSA) is 83.9 Å². The fraction of sp³-hybridized carbons (Fsp3) is 0.464. The summed E-state index contributed by atoms with van der Waals surface area (Å²) in [4.78, 5) is 39.0. The molecule has 0 aromatic heterocycles. The summed E-state index contributed by atoms with van der Waals surface area (Å²) in [6.07, 6.45) is 1.67. The van der Waals surface area contributed by atoms with E-state index in [1.807, 2.05) is 19.9 Å². The highest BCUT2D eigenvalue weighted by molar-refractivity contribution is 5.92. The van der Waals surface area contributed by atoms with Crippen LogP contribution in [0.1, 0.15) is 73.4 Å². The van der Waals surface area contributed by atoms with E-state index in [9.17, 15) is 23.2 Å². The predicted molar refractivity (Wildman–Crippen MR) is 129 cm³/mol. The molecule has 1 atom stereocenters. The average Bonchev–Trinajstić information content (AvgIpc) is 3.12. The number of carbonyl (C=O) groups excluding carboxylic acids is 2. The molecule has 1 aliphatic carbocycles. The average molecular weight is 518 g/mol. The molecular formula is C28H30F3NO5. The third kappa shape index (κ3) is 5.81. The van der Waals surface area contributed by atoms with Crippen LogP contribution in [0.5, 0.6) is 5.75 Å². The van der Waals surface area contributed by atoms with E-state index in [4.69, 9.17) is 5.11 Å². The van der Waals surface area contributed by atoms with Gasteiger partial charge in [-0.25, -0.2) is 4.39 Å². The number of carbonyl (C=O) groups is 3. The predicted octanol–water partition coefficient (Wildman–Crippen LogP) is 5.14. The molecular weight excluding hydrogens is 487 g/mol. The van der Waals surface area contributed by atoms with Gasteiger partial charge in [0.1, 0.15) is 17.6 Å². The van der Waals surface area contributed by atoms with Gasteiger partial charge < -0.3 is 14.7 Å². The van der Waals surface area contributed by atoms with Gasteiger partial charge in [-0.15, -0.1) is 0 Å². The van der Waals surface area contributed by atoms with Gasteiger partial charge in [-0.1, -0.05) is 26.0 Å². The first-order valence-corrected chi connectivity index (χ1v) is 12.4. The van der Waals surface area contributed by atoms with E-state index < -0.39 is 18.6 Å². The number of aryl methyl sites for hydroxylation is 1. The molecule has 0 saturated carbocycles. The number of hydrogen-bond acceptors (Lipinski definition) is 4. The maximum Gasteiger partial charge on any atom is 0.387 e. The van der Waals surface area contributed by atoms with Crippen LogP contribution < -0.4 is 4.74 Å². The summed E-state index contributed by atoms with van der Waals surface area (Å²) in [6, 6.07) is 6.54. The second-order valence-electron chi connectivity index (χ2n) is 10.4. The van der Waals surface area contributed by atoms with Crippen LogP contribution in [0, 0.1) is 5.82 Å². The molecule has 37 heavy (non-hydrogen) atoms. The smallest absolute Gasteiger partial charge is 0.387 e. The Morgan fingerprint density at radius 1 is 1.11 bits per heavy atom. The summed E-state index contributed by atoms with van der Waals surface area (Å²) < 4.78 is 45.0. The van der Waals surface area contributed by atoms with E-state index in [0.717, 1.165) is 12.0 Å². The Morgan fingerprint density at radius 3 is 2.57 bits per heavy atom. The zero-order chi connectivity index (χ0) is 26.9. The number of amides is 1. The van der Waals surface area contributed by atoms with Crippen LogP contribution >= 0.6 is 0 Å². The summed E-state index contributed by atoms with van der Waals surface area (Å²) in [5, 5.41) is 8.91. The fourth-order valence-electron chi connectivity index (χ4n) is 5.58. The van der Waals surface area contributed by atoms with Crippen molar-refractivity contribution in [1.29, 1.82) is 0 Å². The second kappa shape index (κ2) is 10.6. The molecule has 6 nitrogen and oxygen atoms in total. The molecule has 0 bridgehead atoms. The van der Waals surface area contributed by atoms with Crippen LogP contribution in [0.3, 0.4) is 0 Å². The molecule has 2 aromatic rings. The number of aliphatic carboxylic acids is 1. The maximum absolute atomic E-state index is 15.0. The molecule has 0 fully saturated rings. The number of Topliss-reactive ketones (excluding diaryl/α,β-unsaturated/α-hetero) is 1. The third-order valence-corrected chi connectivity index (χ3v) is 7.28. The molecule has 0 spiro atoms. The van der Waals surface area contributed by atoms with E-state index >= 15 is 4.39 Å². The lowest BCUT2D eigenvalue weighted by atomic mass is 9.84. The number of fused-ring (bicyclic) bond motifs is 2. The van der Waals surface area contributed by atoms with Crippen molar-refractivity contribution in [3.63, 3.8) is 0 Å². The number of benzene rings is 2. The van der Waals surface area contributed by atoms with Crippen LogP contribution in [0.4, 0.5) is 13.2 Å². The molecule has 198 valence electrons. The van der Waals surface area contributed by atoms with Crippen LogP contribution in [-0.4, -0.2) is 40.8 Å². The van der Waals surface area contributed by atoms with Gasteiger partial charge in [0.05, 0.1) is 0 Å². The van der Waals surface area contributed by atoms with Crippen molar-refractivity contribution < 1.29 is 37.4 Å². The summed E-state index contributed by atoms with van der Waals surface area (Å²) in [7, 11) is 0. The number of carboxylic acid groups (broad SMARTS) is 1. The van der Waals surface area contributed by atoms with Gasteiger partial charge in [0.25, 0.3) is 0 Å². The highest BCUT2D eigenvalue weighted by Gasteiger charge is 2.37. The maximum atomic E-state index is 15.0. The normalized spacial score (nSPS) is 17.9. The van der Waals surface area contributed by atoms with E-state index in [1.165, 1.54) is 29.2 Å².